The maximum Gasteiger partial charge on any atom is 0.254 e. The second-order valence-electron chi connectivity index (χ2n) is 6.51. The van der Waals surface area contributed by atoms with Gasteiger partial charge >= 0.3 is 0 Å². The highest BCUT2D eigenvalue weighted by molar-refractivity contribution is 7.98. The Morgan fingerprint density at radius 2 is 1.87 bits per heavy atom. The molecule has 2 aromatic carbocycles. The van der Waals surface area contributed by atoms with Crippen molar-refractivity contribution >= 4 is 63.8 Å². The summed E-state index contributed by atoms with van der Waals surface area (Å²) in [5, 5.41) is 6.57. The molecule has 2 amide bonds. The van der Waals surface area contributed by atoms with Crippen LogP contribution in [-0.2, 0) is 10.5 Å². The zero-order valence-corrected chi connectivity index (χ0v) is 19.5. The van der Waals surface area contributed by atoms with Gasteiger partial charge in [0.15, 0.2) is 0 Å². The number of aromatic nitrogens is 1. The number of nitrogens with zero attached hydrogens (tertiary/aromatic N) is 2. The summed E-state index contributed by atoms with van der Waals surface area (Å²) >= 11 is 15.1. The van der Waals surface area contributed by atoms with E-state index < -0.39 is 0 Å². The summed E-state index contributed by atoms with van der Waals surface area (Å²) in [6, 6.07) is 12.2. The molecule has 5 nitrogen and oxygen atoms in total. The van der Waals surface area contributed by atoms with Gasteiger partial charge in [0.2, 0.25) is 5.91 Å². The van der Waals surface area contributed by atoms with Crippen molar-refractivity contribution in [2.75, 3.05) is 18.9 Å². The molecule has 1 N–H and O–H groups in total. The predicted octanol–water partition coefficient (Wildman–Crippen LogP) is 5.76. The van der Waals surface area contributed by atoms with E-state index in [2.05, 4.69) is 15.7 Å². The van der Waals surface area contributed by atoms with E-state index in [0.29, 0.717) is 21.3 Å². The number of likely N-dealkylation sites (N-methyl/N-ethyl adjacent to an activating group) is 1. The number of hydrogen-bond donors (Lipinski definition) is 1. The standard InChI is InChI=1S/C21H19Cl2N3O2S2/c1-13-24-16(11-29-13)12-30-17-6-3-14(4-7-17)21(28)26(2)10-20(27)25-15-5-8-18(22)19(23)9-15/h3-9,11H,10,12H2,1-2H3,(H,25,27). The molecular weight excluding hydrogens is 461 g/mol. The van der Waals surface area contributed by atoms with Crippen LogP contribution < -0.4 is 5.32 Å². The van der Waals surface area contributed by atoms with Crippen molar-refractivity contribution in [2.24, 2.45) is 0 Å². The van der Waals surface area contributed by atoms with Crippen LogP contribution >= 0.6 is 46.3 Å². The lowest BCUT2D eigenvalue weighted by Gasteiger charge is -2.17. The monoisotopic (exact) mass is 479 g/mol. The Labute approximate surface area is 193 Å². The second kappa shape index (κ2) is 10.3. The highest BCUT2D eigenvalue weighted by Gasteiger charge is 2.15. The zero-order valence-electron chi connectivity index (χ0n) is 16.3. The van der Waals surface area contributed by atoms with Gasteiger partial charge in [0, 0.05) is 34.3 Å². The molecule has 30 heavy (non-hydrogen) atoms. The molecule has 3 rings (SSSR count). The number of thioether (sulfide) groups is 1. The molecule has 1 heterocycles. The summed E-state index contributed by atoms with van der Waals surface area (Å²) in [6.45, 7) is 1.90. The molecule has 0 spiro atoms. The van der Waals surface area contributed by atoms with Crippen LogP contribution in [0.2, 0.25) is 10.0 Å². The zero-order chi connectivity index (χ0) is 21.7. The van der Waals surface area contributed by atoms with Gasteiger partial charge in [-0.25, -0.2) is 4.98 Å². The predicted molar refractivity (Wildman–Crippen MR) is 125 cm³/mol. The van der Waals surface area contributed by atoms with Crippen LogP contribution in [0.25, 0.3) is 0 Å². The summed E-state index contributed by atoms with van der Waals surface area (Å²) in [5.41, 5.74) is 2.09. The molecule has 0 fully saturated rings. The van der Waals surface area contributed by atoms with Gasteiger partial charge in [-0.05, 0) is 49.4 Å². The number of rotatable bonds is 7. The average molecular weight is 480 g/mol. The Balaban J connectivity index is 1.53. The first kappa shape index (κ1) is 22.6. The van der Waals surface area contributed by atoms with Crippen LogP contribution in [-0.4, -0.2) is 35.3 Å². The molecule has 0 radical (unpaired) electrons. The molecule has 0 saturated heterocycles. The number of anilines is 1. The Morgan fingerprint density at radius 3 is 2.50 bits per heavy atom. The van der Waals surface area contributed by atoms with Crippen LogP contribution in [0.3, 0.4) is 0 Å². The van der Waals surface area contributed by atoms with E-state index in [1.807, 2.05) is 19.1 Å². The highest BCUT2D eigenvalue weighted by Crippen LogP contribution is 2.25. The lowest BCUT2D eigenvalue weighted by molar-refractivity contribution is -0.116. The number of halogens is 2. The fourth-order valence-corrected chi connectivity index (χ4v) is 4.41. The average Bonchev–Trinajstić information content (AvgIpc) is 3.14. The van der Waals surface area contributed by atoms with E-state index in [-0.39, 0.29) is 18.4 Å². The molecule has 156 valence electrons. The van der Waals surface area contributed by atoms with E-state index in [9.17, 15) is 9.59 Å². The fraction of sp³-hybridized carbons (Fsp3) is 0.190. The number of amides is 2. The summed E-state index contributed by atoms with van der Waals surface area (Å²) < 4.78 is 0. The summed E-state index contributed by atoms with van der Waals surface area (Å²) in [5.74, 6) is 0.229. The molecule has 9 heteroatoms. The van der Waals surface area contributed by atoms with Crippen LogP contribution in [0, 0.1) is 6.92 Å². The molecule has 0 atom stereocenters. The van der Waals surface area contributed by atoms with Crippen molar-refractivity contribution in [3.05, 3.63) is 74.2 Å². The Hall–Kier alpha value is -2.06. The normalized spacial score (nSPS) is 10.7. The van der Waals surface area contributed by atoms with Gasteiger partial charge in [-0.15, -0.1) is 23.1 Å². The number of carbonyl (C=O) groups is 2. The lowest BCUT2D eigenvalue weighted by Crippen LogP contribution is -2.34. The molecule has 0 unspecified atom stereocenters. The van der Waals surface area contributed by atoms with Gasteiger partial charge in [0.05, 0.1) is 27.3 Å². The SMILES string of the molecule is Cc1nc(CSc2ccc(C(=O)N(C)CC(=O)Nc3ccc(Cl)c(Cl)c3)cc2)cs1. The Kier molecular flexibility index (Phi) is 7.77. The number of nitrogens with one attached hydrogen (secondary N) is 1. The molecule has 0 aliphatic rings. The highest BCUT2D eigenvalue weighted by atomic mass is 35.5. The third-order valence-electron chi connectivity index (χ3n) is 4.09. The van der Waals surface area contributed by atoms with Crippen molar-refractivity contribution in [2.45, 2.75) is 17.6 Å². The van der Waals surface area contributed by atoms with Gasteiger partial charge in [-0.3, -0.25) is 9.59 Å². The minimum atomic E-state index is -0.324. The first-order chi connectivity index (χ1) is 14.3. The van der Waals surface area contributed by atoms with E-state index in [1.165, 1.54) is 4.90 Å². The van der Waals surface area contributed by atoms with Crippen LogP contribution in [0.4, 0.5) is 5.69 Å². The van der Waals surface area contributed by atoms with Crippen LogP contribution in [0.5, 0.6) is 0 Å². The van der Waals surface area contributed by atoms with Crippen molar-refractivity contribution in [3.8, 4) is 0 Å². The summed E-state index contributed by atoms with van der Waals surface area (Å²) in [6.07, 6.45) is 0. The molecule has 0 aliphatic heterocycles. The topological polar surface area (TPSA) is 62.3 Å². The van der Waals surface area contributed by atoms with Gasteiger partial charge in [0.25, 0.3) is 5.91 Å². The molecule has 0 saturated carbocycles. The fourth-order valence-electron chi connectivity index (χ4n) is 2.61. The Bertz CT molecular complexity index is 1050. The minimum absolute atomic E-state index is 0.0846. The summed E-state index contributed by atoms with van der Waals surface area (Å²) in [7, 11) is 1.59. The maximum absolute atomic E-state index is 12.6. The smallest absolute Gasteiger partial charge is 0.254 e. The molecule has 0 aliphatic carbocycles. The van der Waals surface area contributed by atoms with Gasteiger partial charge < -0.3 is 10.2 Å². The van der Waals surface area contributed by atoms with Crippen LogP contribution in [0.15, 0.2) is 52.7 Å². The Morgan fingerprint density at radius 1 is 1.13 bits per heavy atom. The van der Waals surface area contributed by atoms with E-state index in [4.69, 9.17) is 23.2 Å². The number of aryl methyl sites for hydroxylation is 1. The lowest BCUT2D eigenvalue weighted by atomic mass is 10.2. The largest absolute Gasteiger partial charge is 0.332 e. The van der Waals surface area contributed by atoms with E-state index in [0.717, 1.165) is 21.3 Å². The third-order valence-corrected chi connectivity index (χ3v) is 6.69. The van der Waals surface area contributed by atoms with Crippen molar-refractivity contribution in [3.63, 3.8) is 0 Å². The van der Waals surface area contributed by atoms with Crippen molar-refractivity contribution < 1.29 is 9.59 Å². The third kappa shape index (κ3) is 6.22. The van der Waals surface area contributed by atoms with Crippen molar-refractivity contribution in [1.29, 1.82) is 0 Å². The van der Waals surface area contributed by atoms with Crippen molar-refractivity contribution in [1.82, 2.24) is 9.88 Å². The molecular formula is C21H19Cl2N3O2S2. The minimum Gasteiger partial charge on any atom is -0.332 e. The van der Waals surface area contributed by atoms with E-state index in [1.54, 1.807) is 60.5 Å². The quantitative estimate of drug-likeness (QED) is 0.437. The second-order valence-corrected chi connectivity index (χ2v) is 9.43. The molecule has 0 bridgehead atoms. The molecule has 3 aromatic rings. The number of carbonyl (C=O) groups excluding carboxylic acids is 2. The summed E-state index contributed by atoms with van der Waals surface area (Å²) in [4.78, 5) is 31.7. The van der Waals surface area contributed by atoms with Gasteiger partial charge in [0.1, 0.15) is 0 Å². The maximum atomic E-state index is 12.6. The molecule has 1 aromatic heterocycles. The first-order valence-electron chi connectivity index (χ1n) is 8.96. The number of hydrogen-bond acceptors (Lipinski definition) is 5. The number of benzene rings is 2. The number of thiazole rings is 1. The van der Waals surface area contributed by atoms with E-state index >= 15 is 0 Å². The van der Waals surface area contributed by atoms with Crippen LogP contribution in [0.1, 0.15) is 21.1 Å². The first-order valence-corrected chi connectivity index (χ1v) is 11.6. The van der Waals surface area contributed by atoms with Gasteiger partial charge in [-0.1, -0.05) is 23.2 Å². The van der Waals surface area contributed by atoms with Gasteiger partial charge in [-0.2, -0.15) is 0 Å².